The minimum absolute atomic E-state index is 0.122. The summed E-state index contributed by atoms with van der Waals surface area (Å²) in [6, 6.07) is 0. The van der Waals surface area contributed by atoms with Crippen LogP contribution >= 0.6 is 11.3 Å². The van der Waals surface area contributed by atoms with Crippen molar-refractivity contribution in [2.45, 2.75) is 26.7 Å². The summed E-state index contributed by atoms with van der Waals surface area (Å²) in [6.07, 6.45) is 0.847. The summed E-state index contributed by atoms with van der Waals surface area (Å²) in [7, 11) is 0. The number of hydrogen-bond acceptors (Lipinski definition) is 5. The van der Waals surface area contributed by atoms with Gasteiger partial charge in [0, 0.05) is 23.9 Å². The van der Waals surface area contributed by atoms with Crippen LogP contribution in [0.15, 0.2) is 5.38 Å². The van der Waals surface area contributed by atoms with Crippen molar-refractivity contribution < 1.29 is 14.3 Å². The van der Waals surface area contributed by atoms with Crippen molar-refractivity contribution in [2.24, 2.45) is 5.41 Å². The molecule has 0 bridgehead atoms. The molecule has 86 valence electrons. The maximum Gasteiger partial charge on any atom is 0.320 e. The molecule has 0 amide bonds. The molecule has 0 saturated carbocycles. The minimum Gasteiger partial charge on any atom is -0.465 e. The van der Waals surface area contributed by atoms with E-state index in [1.54, 1.807) is 0 Å². The highest BCUT2D eigenvalue weighted by Crippen LogP contribution is 2.35. The number of hydrogen-bond donors (Lipinski definition) is 0. The Kier molecular flexibility index (Phi) is 2.80. The van der Waals surface area contributed by atoms with E-state index >= 15 is 0 Å². The summed E-state index contributed by atoms with van der Waals surface area (Å²) in [5.74, 6) is -0.518. The number of nitrogens with zero attached hydrogens (tertiary/aromatic N) is 1. The molecule has 0 spiro atoms. The molecule has 1 aliphatic heterocycles. The molecular weight excluding hydrogens is 226 g/mol. The quantitative estimate of drug-likeness (QED) is 0.592. The predicted molar refractivity (Wildman–Crippen MR) is 59.2 cm³/mol. The predicted octanol–water partition coefficient (Wildman–Crippen LogP) is 1.52. The van der Waals surface area contributed by atoms with Crippen molar-refractivity contribution in [3.8, 4) is 0 Å². The molecule has 0 N–H and O–H groups in total. The van der Waals surface area contributed by atoms with E-state index in [0.717, 1.165) is 10.7 Å². The fraction of sp³-hybridized carbons (Fsp3) is 0.545. The Morgan fingerprint density at radius 2 is 2.44 bits per heavy atom. The number of esters is 1. The molecule has 1 aliphatic rings. The first-order valence-electron chi connectivity index (χ1n) is 5.14. The van der Waals surface area contributed by atoms with Gasteiger partial charge in [-0.1, -0.05) is 0 Å². The van der Waals surface area contributed by atoms with Crippen molar-refractivity contribution >= 4 is 23.1 Å². The van der Waals surface area contributed by atoms with Gasteiger partial charge in [-0.25, -0.2) is 4.98 Å². The minimum atomic E-state index is -0.982. The third-order valence-electron chi connectivity index (χ3n) is 2.95. The standard InChI is InChI=1S/C11H13NO3S/c1-7-6-16-9(12-7)5-11(8(2)13)3-4-15-10(11)14/h6H,3-5H2,1-2H3. The molecule has 1 fully saturated rings. The number of aromatic nitrogens is 1. The third kappa shape index (κ3) is 1.75. The lowest BCUT2D eigenvalue weighted by Gasteiger charge is -2.19. The van der Waals surface area contributed by atoms with Gasteiger partial charge in [0.1, 0.15) is 11.2 Å². The lowest BCUT2D eigenvalue weighted by molar-refractivity contribution is -0.150. The van der Waals surface area contributed by atoms with E-state index in [9.17, 15) is 9.59 Å². The van der Waals surface area contributed by atoms with Crippen LogP contribution in [-0.2, 0) is 20.7 Å². The summed E-state index contributed by atoms with van der Waals surface area (Å²) in [4.78, 5) is 27.6. The van der Waals surface area contributed by atoms with Crippen LogP contribution in [0.2, 0.25) is 0 Å². The highest BCUT2D eigenvalue weighted by molar-refractivity contribution is 7.09. The van der Waals surface area contributed by atoms with E-state index in [1.165, 1.54) is 18.3 Å². The number of Topliss-reactive ketones (excluding diaryl/α,β-unsaturated/α-hetero) is 1. The number of rotatable bonds is 3. The maximum atomic E-state index is 11.7. The highest BCUT2D eigenvalue weighted by atomic mass is 32.1. The summed E-state index contributed by atoms with van der Waals surface area (Å²) in [6.45, 7) is 3.68. The Balaban J connectivity index is 2.28. The van der Waals surface area contributed by atoms with Crippen molar-refractivity contribution in [1.82, 2.24) is 4.98 Å². The molecule has 0 aromatic carbocycles. The van der Waals surface area contributed by atoms with Crippen LogP contribution in [-0.4, -0.2) is 23.3 Å². The lowest BCUT2D eigenvalue weighted by Crippen LogP contribution is -2.36. The van der Waals surface area contributed by atoms with Crippen LogP contribution in [0.4, 0.5) is 0 Å². The number of ketones is 1. The zero-order chi connectivity index (χ0) is 11.8. The highest BCUT2D eigenvalue weighted by Gasteiger charge is 2.49. The summed E-state index contributed by atoms with van der Waals surface area (Å²) in [5.41, 5.74) is -0.0605. The molecule has 1 saturated heterocycles. The van der Waals surface area contributed by atoms with Crippen molar-refractivity contribution in [1.29, 1.82) is 0 Å². The zero-order valence-electron chi connectivity index (χ0n) is 9.28. The van der Waals surface area contributed by atoms with Gasteiger partial charge in [0.25, 0.3) is 0 Å². The molecule has 1 aromatic heterocycles. The molecule has 0 radical (unpaired) electrons. The molecule has 2 rings (SSSR count). The van der Waals surface area contributed by atoms with Gasteiger partial charge in [0.2, 0.25) is 0 Å². The first-order chi connectivity index (χ1) is 7.54. The van der Waals surface area contributed by atoms with Crippen LogP contribution in [0.3, 0.4) is 0 Å². The Labute approximate surface area is 97.6 Å². The number of aryl methyl sites for hydroxylation is 1. The zero-order valence-corrected chi connectivity index (χ0v) is 10.1. The SMILES string of the molecule is CC(=O)C1(Cc2nc(C)cs2)CCOC1=O. The van der Waals surface area contributed by atoms with Crippen LogP contribution < -0.4 is 0 Å². The monoisotopic (exact) mass is 239 g/mol. The molecule has 1 atom stereocenters. The van der Waals surface area contributed by atoms with Gasteiger partial charge < -0.3 is 4.74 Å². The van der Waals surface area contributed by atoms with E-state index < -0.39 is 11.4 Å². The molecule has 5 heteroatoms. The van der Waals surface area contributed by atoms with E-state index in [1.807, 2.05) is 12.3 Å². The van der Waals surface area contributed by atoms with Crippen LogP contribution in [0.1, 0.15) is 24.0 Å². The van der Waals surface area contributed by atoms with Crippen LogP contribution in [0.5, 0.6) is 0 Å². The number of carbonyl (C=O) groups excluding carboxylic acids is 2. The molecule has 1 unspecified atom stereocenters. The Hall–Kier alpha value is -1.23. The lowest BCUT2D eigenvalue weighted by atomic mass is 9.79. The van der Waals surface area contributed by atoms with Gasteiger partial charge in [-0.2, -0.15) is 0 Å². The van der Waals surface area contributed by atoms with Gasteiger partial charge in [-0.15, -0.1) is 11.3 Å². The van der Waals surface area contributed by atoms with Crippen molar-refractivity contribution in [3.63, 3.8) is 0 Å². The van der Waals surface area contributed by atoms with E-state index in [2.05, 4.69) is 4.98 Å². The number of cyclic esters (lactones) is 1. The van der Waals surface area contributed by atoms with Gasteiger partial charge in [-0.3, -0.25) is 9.59 Å². The summed E-state index contributed by atoms with van der Waals surface area (Å²) >= 11 is 1.48. The van der Waals surface area contributed by atoms with E-state index in [4.69, 9.17) is 4.74 Å². The maximum absolute atomic E-state index is 11.7. The van der Waals surface area contributed by atoms with Gasteiger partial charge in [0.15, 0.2) is 0 Å². The Bertz CT molecular complexity index is 440. The van der Waals surface area contributed by atoms with E-state index in [0.29, 0.717) is 19.4 Å². The molecule has 16 heavy (non-hydrogen) atoms. The smallest absolute Gasteiger partial charge is 0.320 e. The Morgan fingerprint density at radius 3 is 2.88 bits per heavy atom. The third-order valence-corrected chi connectivity index (χ3v) is 3.91. The topological polar surface area (TPSA) is 56.3 Å². The average molecular weight is 239 g/mol. The number of ether oxygens (including phenoxy) is 1. The van der Waals surface area contributed by atoms with E-state index in [-0.39, 0.29) is 5.78 Å². The number of carbonyl (C=O) groups is 2. The molecule has 4 nitrogen and oxygen atoms in total. The van der Waals surface area contributed by atoms with Gasteiger partial charge in [-0.05, 0) is 13.8 Å². The first-order valence-corrected chi connectivity index (χ1v) is 6.02. The molecule has 0 aliphatic carbocycles. The normalized spacial score (nSPS) is 24.5. The number of thiazole rings is 1. The summed E-state index contributed by atoms with van der Waals surface area (Å²) in [5, 5.41) is 2.75. The second-order valence-corrected chi connectivity index (χ2v) is 5.03. The fourth-order valence-corrected chi connectivity index (χ4v) is 2.79. The fourth-order valence-electron chi connectivity index (χ4n) is 1.91. The van der Waals surface area contributed by atoms with Crippen molar-refractivity contribution in [2.75, 3.05) is 6.61 Å². The first kappa shape index (κ1) is 11.3. The second kappa shape index (κ2) is 3.97. The summed E-state index contributed by atoms with van der Waals surface area (Å²) < 4.78 is 4.93. The largest absolute Gasteiger partial charge is 0.465 e. The van der Waals surface area contributed by atoms with Gasteiger partial charge >= 0.3 is 5.97 Å². The van der Waals surface area contributed by atoms with Crippen LogP contribution in [0, 0.1) is 12.3 Å². The molecule has 2 heterocycles. The van der Waals surface area contributed by atoms with Crippen LogP contribution in [0.25, 0.3) is 0 Å². The Morgan fingerprint density at radius 1 is 1.69 bits per heavy atom. The van der Waals surface area contributed by atoms with Gasteiger partial charge in [0.05, 0.1) is 11.6 Å². The molecule has 1 aromatic rings. The van der Waals surface area contributed by atoms with Crippen molar-refractivity contribution in [3.05, 3.63) is 16.1 Å². The second-order valence-electron chi connectivity index (χ2n) is 4.08. The average Bonchev–Trinajstić information content (AvgIpc) is 2.76. The molecular formula is C11H13NO3S.